The SMILES string of the molecule is CC1CSC=C1c1cc(N2CCNCC2)c2cnccc2c1. The molecule has 3 heterocycles. The van der Waals surface area contributed by atoms with E-state index in [0.717, 1.165) is 26.2 Å². The number of thioether (sulfide) groups is 1. The molecule has 22 heavy (non-hydrogen) atoms. The minimum absolute atomic E-state index is 0.639. The van der Waals surface area contributed by atoms with Gasteiger partial charge in [0, 0.05) is 55.4 Å². The fourth-order valence-electron chi connectivity index (χ4n) is 3.35. The van der Waals surface area contributed by atoms with Crippen molar-refractivity contribution in [3.63, 3.8) is 0 Å². The molecular formula is C18H21N3S. The van der Waals surface area contributed by atoms with E-state index in [0.29, 0.717) is 5.92 Å². The lowest BCUT2D eigenvalue weighted by atomic mass is 9.94. The van der Waals surface area contributed by atoms with Crippen molar-refractivity contribution in [3.05, 3.63) is 41.6 Å². The van der Waals surface area contributed by atoms with Crippen molar-refractivity contribution in [2.24, 2.45) is 5.92 Å². The van der Waals surface area contributed by atoms with Crippen LogP contribution in [0.25, 0.3) is 16.3 Å². The van der Waals surface area contributed by atoms with Crippen molar-refractivity contribution in [2.75, 3.05) is 36.8 Å². The lowest BCUT2D eigenvalue weighted by molar-refractivity contribution is 0.590. The summed E-state index contributed by atoms with van der Waals surface area (Å²) in [6.07, 6.45) is 3.91. The number of rotatable bonds is 2. The highest BCUT2D eigenvalue weighted by atomic mass is 32.2. The molecular weight excluding hydrogens is 290 g/mol. The van der Waals surface area contributed by atoms with Gasteiger partial charge in [-0.05, 0) is 46.0 Å². The molecule has 4 heteroatoms. The predicted molar refractivity (Wildman–Crippen MR) is 96.4 cm³/mol. The van der Waals surface area contributed by atoms with Gasteiger partial charge in [0.15, 0.2) is 0 Å². The lowest BCUT2D eigenvalue weighted by Crippen LogP contribution is -2.43. The van der Waals surface area contributed by atoms with Crippen LogP contribution in [0.4, 0.5) is 5.69 Å². The van der Waals surface area contributed by atoms with Gasteiger partial charge in [-0.3, -0.25) is 4.98 Å². The van der Waals surface area contributed by atoms with Crippen molar-refractivity contribution in [2.45, 2.75) is 6.92 Å². The summed E-state index contributed by atoms with van der Waals surface area (Å²) in [4.78, 5) is 6.85. The maximum atomic E-state index is 4.35. The molecule has 1 N–H and O–H groups in total. The Morgan fingerprint density at radius 1 is 1.27 bits per heavy atom. The van der Waals surface area contributed by atoms with E-state index in [1.165, 1.54) is 33.3 Å². The minimum atomic E-state index is 0.639. The van der Waals surface area contributed by atoms with Crippen LogP contribution in [0.2, 0.25) is 0 Å². The Balaban J connectivity index is 1.85. The maximum absolute atomic E-state index is 4.35. The normalized spacial score (nSPS) is 22.1. The number of pyridine rings is 1. The van der Waals surface area contributed by atoms with Crippen molar-refractivity contribution in [3.8, 4) is 0 Å². The highest BCUT2D eigenvalue weighted by Gasteiger charge is 2.20. The molecule has 0 saturated carbocycles. The van der Waals surface area contributed by atoms with Crippen molar-refractivity contribution in [1.29, 1.82) is 0 Å². The Bertz CT molecular complexity index is 719. The minimum Gasteiger partial charge on any atom is -0.368 e. The molecule has 2 aliphatic heterocycles. The molecule has 1 fully saturated rings. The molecule has 114 valence electrons. The molecule has 1 aromatic carbocycles. The van der Waals surface area contributed by atoms with Gasteiger partial charge in [0.1, 0.15) is 0 Å². The summed E-state index contributed by atoms with van der Waals surface area (Å²) in [6, 6.07) is 6.85. The second-order valence-corrected chi connectivity index (χ2v) is 7.04. The van der Waals surface area contributed by atoms with Crippen LogP contribution in [0.1, 0.15) is 12.5 Å². The van der Waals surface area contributed by atoms with E-state index < -0.39 is 0 Å². The van der Waals surface area contributed by atoms with Crippen molar-refractivity contribution in [1.82, 2.24) is 10.3 Å². The van der Waals surface area contributed by atoms with Crippen LogP contribution < -0.4 is 10.2 Å². The molecule has 0 bridgehead atoms. The van der Waals surface area contributed by atoms with Crippen LogP contribution in [0.15, 0.2) is 36.0 Å². The zero-order valence-electron chi connectivity index (χ0n) is 12.9. The molecule has 3 nitrogen and oxygen atoms in total. The molecule has 0 aliphatic carbocycles. The molecule has 1 aromatic heterocycles. The number of allylic oxidation sites excluding steroid dienone is 1. The predicted octanol–water partition coefficient (Wildman–Crippen LogP) is 3.37. The van der Waals surface area contributed by atoms with Gasteiger partial charge in [-0.15, -0.1) is 11.8 Å². The summed E-state index contributed by atoms with van der Waals surface area (Å²) in [5, 5.41) is 8.35. The quantitative estimate of drug-likeness (QED) is 0.920. The summed E-state index contributed by atoms with van der Waals surface area (Å²) in [7, 11) is 0. The number of piperazine rings is 1. The van der Waals surface area contributed by atoms with E-state index in [2.05, 4.69) is 45.7 Å². The highest BCUT2D eigenvalue weighted by molar-refractivity contribution is 8.02. The van der Waals surface area contributed by atoms with Crippen molar-refractivity contribution >= 4 is 33.8 Å². The fraction of sp³-hybridized carbons (Fsp3) is 0.389. The van der Waals surface area contributed by atoms with Gasteiger partial charge in [-0.2, -0.15) is 0 Å². The average molecular weight is 311 g/mol. The molecule has 2 aliphatic rings. The Morgan fingerprint density at radius 3 is 2.91 bits per heavy atom. The summed E-state index contributed by atoms with van der Waals surface area (Å²) in [6.45, 7) is 6.57. The first-order valence-corrected chi connectivity index (χ1v) is 9.03. The van der Waals surface area contributed by atoms with Crippen molar-refractivity contribution < 1.29 is 0 Å². The summed E-state index contributed by atoms with van der Waals surface area (Å²) < 4.78 is 0. The summed E-state index contributed by atoms with van der Waals surface area (Å²) in [5.74, 6) is 1.84. The second-order valence-electron chi connectivity index (χ2n) is 6.14. The summed E-state index contributed by atoms with van der Waals surface area (Å²) in [5.41, 5.74) is 4.21. The van der Waals surface area contributed by atoms with Crippen LogP contribution in [0, 0.1) is 5.92 Å². The Hall–Kier alpha value is -1.52. The Kier molecular flexibility index (Phi) is 3.80. The Morgan fingerprint density at radius 2 is 2.14 bits per heavy atom. The summed E-state index contributed by atoms with van der Waals surface area (Å²) >= 11 is 1.93. The largest absolute Gasteiger partial charge is 0.368 e. The van der Waals surface area contributed by atoms with Gasteiger partial charge in [0.25, 0.3) is 0 Å². The molecule has 0 amide bonds. The third kappa shape index (κ3) is 2.50. The van der Waals surface area contributed by atoms with Gasteiger partial charge in [-0.1, -0.05) is 6.92 Å². The van der Waals surface area contributed by atoms with Gasteiger partial charge < -0.3 is 10.2 Å². The van der Waals surface area contributed by atoms with E-state index in [9.17, 15) is 0 Å². The first kappa shape index (κ1) is 14.1. The van der Waals surface area contributed by atoms with E-state index in [-0.39, 0.29) is 0 Å². The number of fused-ring (bicyclic) bond motifs is 1. The van der Waals surface area contributed by atoms with Crippen LogP contribution in [-0.4, -0.2) is 36.9 Å². The fourth-order valence-corrected chi connectivity index (χ4v) is 4.47. The zero-order valence-corrected chi connectivity index (χ0v) is 13.7. The molecule has 0 radical (unpaired) electrons. The first-order valence-electron chi connectivity index (χ1n) is 7.98. The van der Waals surface area contributed by atoms with E-state index in [1.54, 1.807) is 0 Å². The van der Waals surface area contributed by atoms with Crippen LogP contribution in [0.5, 0.6) is 0 Å². The van der Waals surface area contributed by atoms with Gasteiger partial charge in [0.05, 0.1) is 0 Å². The lowest BCUT2D eigenvalue weighted by Gasteiger charge is -2.31. The number of nitrogens with one attached hydrogen (secondary N) is 1. The maximum Gasteiger partial charge on any atom is 0.0468 e. The van der Waals surface area contributed by atoms with Crippen LogP contribution in [-0.2, 0) is 0 Å². The number of nitrogens with zero attached hydrogens (tertiary/aromatic N) is 2. The smallest absolute Gasteiger partial charge is 0.0468 e. The third-order valence-electron chi connectivity index (χ3n) is 4.61. The highest BCUT2D eigenvalue weighted by Crippen LogP contribution is 2.39. The van der Waals surface area contributed by atoms with Gasteiger partial charge in [0.2, 0.25) is 0 Å². The van der Waals surface area contributed by atoms with Crippen LogP contribution >= 0.6 is 11.8 Å². The topological polar surface area (TPSA) is 28.2 Å². The number of benzene rings is 1. The first-order chi connectivity index (χ1) is 10.8. The molecule has 1 saturated heterocycles. The monoisotopic (exact) mass is 311 g/mol. The second kappa shape index (κ2) is 5.94. The van der Waals surface area contributed by atoms with E-state index in [4.69, 9.17) is 0 Å². The number of anilines is 1. The van der Waals surface area contributed by atoms with Crippen LogP contribution in [0.3, 0.4) is 0 Å². The molecule has 4 rings (SSSR count). The standard InChI is InChI=1S/C18H21N3S/c1-13-11-22-12-17(13)15-8-14-2-3-20-10-16(14)18(9-15)21-6-4-19-5-7-21/h2-3,8-10,12-13,19H,4-7,11H2,1H3. The van der Waals surface area contributed by atoms with E-state index >= 15 is 0 Å². The molecule has 1 unspecified atom stereocenters. The number of hydrogen-bond donors (Lipinski definition) is 1. The third-order valence-corrected chi connectivity index (χ3v) is 5.73. The van der Waals surface area contributed by atoms with Gasteiger partial charge in [-0.25, -0.2) is 0 Å². The molecule has 2 aromatic rings. The Labute approximate surface area is 135 Å². The average Bonchev–Trinajstić information content (AvgIpc) is 3.01. The zero-order chi connectivity index (χ0) is 14.9. The van der Waals surface area contributed by atoms with Gasteiger partial charge >= 0.3 is 0 Å². The molecule has 0 spiro atoms. The molecule has 1 atom stereocenters. The number of aromatic nitrogens is 1. The number of hydrogen-bond acceptors (Lipinski definition) is 4. The van der Waals surface area contributed by atoms with E-state index in [1.807, 2.05) is 24.2 Å².